The Labute approximate surface area is 123 Å². The highest BCUT2D eigenvalue weighted by molar-refractivity contribution is 6.30. The summed E-state index contributed by atoms with van der Waals surface area (Å²) in [5, 5.41) is 8.22. The quantitative estimate of drug-likeness (QED) is 0.914. The van der Waals surface area contributed by atoms with E-state index in [0.717, 1.165) is 10.9 Å². The van der Waals surface area contributed by atoms with E-state index in [1.807, 2.05) is 24.3 Å². The summed E-state index contributed by atoms with van der Waals surface area (Å²) in [5.74, 6) is 2.00. The normalized spacial score (nSPS) is 15.6. The number of aromatic nitrogens is 2. The van der Waals surface area contributed by atoms with Gasteiger partial charge in [0.1, 0.15) is 0 Å². The first-order valence-electron chi connectivity index (χ1n) is 6.88. The number of nitrogens with one attached hydrogen (secondary N) is 1. The van der Waals surface area contributed by atoms with Crippen molar-refractivity contribution in [2.45, 2.75) is 44.7 Å². The van der Waals surface area contributed by atoms with E-state index in [1.54, 1.807) is 0 Å². The number of hydrogen-bond donors (Lipinski definition) is 1. The van der Waals surface area contributed by atoms with Crippen molar-refractivity contribution in [3.8, 4) is 0 Å². The van der Waals surface area contributed by atoms with Gasteiger partial charge in [0.15, 0.2) is 5.82 Å². The maximum Gasteiger partial charge on any atom is 0.229 e. The fraction of sp³-hybridized carbons (Fsp3) is 0.467. The van der Waals surface area contributed by atoms with Crippen LogP contribution in [-0.2, 0) is 12.1 Å². The lowest BCUT2D eigenvalue weighted by atomic mass is 9.94. The first kappa shape index (κ1) is 13.6. The zero-order chi connectivity index (χ0) is 14.2. The molecule has 106 valence electrons. The third-order valence-electron chi connectivity index (χ3n) is 3.66. The molecule has 1 aromatic heterocycles. The average molecular weight is 292 g/mol. The van der Waals surface area contributed by atoms with Crippen molar-refractivity contribution < 1.29 is 4.52 Å². The molecule has 1 N–H and O–H groups in total. The van der Waals surface area contributed by atoms with E-state index in [-0.39, 0.29) is 5.54 Å². The third-order valence-corrected chi connectivity index (χ3v) is 3.92. The summed E-state index contributed by atoms with van der Waals surface area (Å²) >= 11 is 5.92. The van der Waals surface area contributed by atoms with Gasteiger partial charge in [-0.15, -0.1) is 0 Å². The summed E-state index contributed by atoms with van der Waals surface area (Å²) in [6.07, 6.45) is 2.34. The molecule has 0 saturated heterocycles. The van der Waals surface area contributed by atoms with Gasteiger partial charge in [0.25, 0.3) is 0 Å². The molecule has 4 nitrogen and oxygen atoms in total. The molecule has 1 aliphatic rings. The van der Waals surface area contributed by atoms with Crippen LogP contribution in [0.3, 0.4) is 0 Å². The molecule has 1 fully saturated rings. The Bertz CT molecular complexity index is 587. The van der Waals surface area contributed by atoms with Gasteiger partial charge in [-0.3, -0.25) is 0 Å². The molecule has 0 aliphatic heterocycles. The van der Waals surface area contributed by atoms with Gasteiger partial charge in [-0.1, -0.05) is 28.9 Å². The topological polar surface area (TPSA) is 51.0 Å². The molecule has 0 spiro atoms. The van der Waals surface area contributed by atoms with Crippen LogP contribution in [-0.4, -0.2) is 10.1 Å². The molecule has 1 saturated carbocycles. The minimum Gasteiger partial charge on any atom is -0.339 e. The van der Waals surface area contributed by atoms with Crippen LogP contribution in [0.25, 0.3) is 0 Å². The van der Waals surface area contributed by atoms with Gasteiger partial charge in [0.2, 0.25) is 5.89 Å². The summed E-state index contributed by atoms with van der Waals surface area (Å²) in [7, 11) is 0. The van der Waals surface area contributed by atoms with Crippen LogP contribution in [0.5, 0.6) is 0 Å². The zero-order valence-corrected chi connectivity index (χ0v) is 12.4. The number of nitrogens with zero attached hydrogens (tertiary/aromatic N) is 2. The molecule has 1 aliphatic carbocycles. The van der Waals surface area contributed by atoms with Gasteiger partial charge in [-0.2, -0.15) is 4.98 Å². The zero-order valence-electron chi connectivity index (χ0n) is 11.7. The summed E-state index contributed by atoms with van der Waals surface area (Å²) in [6, 6.07) is 7.86. The lowest BCUT2D eigenvalue weighted by Crippen LogP contribution is -2.36. The Balaban J connectivity index is 1.64. The monoisotopic (exact) mass is 291 g/mol. The lowest BCUT2D eigenvalue weighted by Gasteiger charge is -2.26. The Kier molecular flexibility index (Phi) is 3.52. The Morgan fingerprint density at radius 1 is 1.30 bits per heavy atom. The fourth-order valence-electron chi connectivity index (χ4n) is 2.10. The second kappa shape index (κ2) is 5.19. The summed E-state index contributed by atoms with van der Waals surface area (Å²) in [6.45, 7) is 4.84. The standard InChI is InChI=1S/C15H18ClN3O/c1-15(2,11-5-7-12(16)8-6-11)17-9-13-18-14(20-19-13)10-3-4-10/h5-8,10,17H,3-4,9H2,1-2H3. The number of hydrogen-bond acceptors (Lipinski definition) is 4. The van der Waals surface area contributed by atoms with Gasteiger partial charge in [-0.25, -0.2) is 0 Å². The lowest BCUT2D eigenvalue weighted by molar-refractivity contribution is 0.360. The van der Waals surface area contributed by atoms with Crippen molar-refractivity contribution in [1.82, 2.24) is 15.5 Å². The molecule has 1 heterocycles. The molecule has 20 heavy (non-hydrogen) atoms. The first-order chi connectivity index (χ1) is 9.54. The van der Waals surface area contributed by atoms with Crippen molar-refractivity contribution in [3.63, 3.8) is 0 Å². The highest BCUT2D eigenvalue weighted by Gasteiger charge is 2.29. The molecule has 5 heteroatoms. The van der Waals surface area contributed by atoms with Crippen LogP contribution < -0.4 is 5.32 Å². The molecular weight excluding hydrogens is 274 g/mol. The van der Waals surface area contributed by atoms with Gasteiger partial charge < -0.3 is 9.84 Å². The smallest absolute Gasteiger partial charge is 0.229 e. The van der Waals surface area contributed by atoms with Crippen LogP contribution >= 0.6 is 11.6 Å². The summed E-state index contributed by atoms with van der Waals surface area (Å²) in [4.78, 5) is 4.42. The largest absolute Gasteiger partial charge is 0.339 e. The van der Waals surface area contributed by atoms with Crippen LogP contribution in [0.4, 0.5) is 0 Å². The van der Waals surface area contributed by atoms with Crippen molar-refractivity contribution in [1.29, 1.82) is 0 Å². The second-order valence-electron chi connectivity index (χ2n) is 5.81. The van der Waals surface area contributed by atoms with E-state index in [1.165, 1.54) is 18.4 Å². The Hall–Kier alpha value is -1.39. The van der Waals surface area contributed by atoms with Gasteiger partial charge in [0, 0.05) is 16.5 Å². The first-order valence-corrected chi connectivity index (χ1v) is 7.26. The van der Waals surface area contributed by atoms with Crippen molar-refractivity contribution >= 4 is 11.6 Å². The van der Waals surface area contributed by atoms with Gasteiger partial charge in [0.05, 0.1) is 6.54 Å². The molecule has 2 aromatic rings. The van der Waals surface area contributed by atoms with Crippen LogP contribution in [0.1, 0.15) is 49.9 Å². The predicted molar refractivity (Wildman–Crippen MR) is 77.6 cm³/mol. The summed E-state index contributed by atoms with van der Waals surface area (Å²) < 4.78 is 5.26. The van der Waals surface area contributed by atoms with Crippen molar-refractivity contribution in [2.75, 3.05) is 0 Å². The molecule has 1 aromatic carbocycles. The molecule has 3 rings (SSSR count). The molecule has 0 amide bonds. The maximum absolute atomic E-state index is 5.92. The van der Waals surface area contributed by atoms with Crippen molar-refractivity contribution in [2.24, 2.45) is 0 Å². The number of halogens is 1. The van der Waals surface area contributed by atoms with E-state index in [9.17, 15) is 0 Å². The SMILES string of the molecule is CC(C)(NCc1noc(C2CC2)n1)c1ccc(Cl)cc1. The maximum atomic E-state index is 5.92. The van der Waals surface area contributed by atoms with E-state index in [4.69, 9.17) is 16.1 Å². The molecular formula is C15H18ClN3O. The van der Waals surface area contributed by atoms with Crippen LogP contribution in [0.15, 0.2) is 28.8 Å². The van der Waals surface area contributed by atoms with Gasteiger partial charge in [-0.05, 0) is 44.4 Å². The third kappa shape index (κ3) is 3.02. The molecule has 0 atom stereocenters. The average Bonchev–Trinajstić information content (AvgIpc) is 3.16. The summed E-state index contributed by atoms with van der Waals surface area (Å²) in [5.41, 5.74) is 0.998. The Morgan fingerprint density at radius 3 is 2.65 bits per heavy atom. The van der Waals surface area contributed by atoms with Gasteiger partial charge >= 0.3 is 0 Å². The Morgan fingerprint density at radius 2 is 2.00 bits per heavy atom. The highest BCUT2D eigenvalue weighted by atomic mass is 35.5. The fourth-order valence-corrected chi connectivity index (χ4v) is 2.23. The van der Waals surface area contributed by atoms with E-state index in [0.29, 0.717) is 18.3 Å². The number of benzene rings is 1. The minimum atomic E-state index is -0.176. The predicted octanol–water partition coefficient (Wildman–Crippen LogP) is 3.63. The van der Waals surface area contributed by atoms with E-state index in [2.05, 4.69) is 29.3 Å². The number of rotatable bonds is 5. The minimum absolute atomic E-state index is 0.176. The van der Waals surface area contributed by atoms with E-state index >= 15 is 0 Å². The second-order valence-corrected chi connectivity index (χ2v) is 6.24. The van der Waals surface area contributed by atoms with E-state index < -0.39 is 0 Å². The molecule has 0 unspecified atom stereocenters. The van der Waals surface area contributed by atoms with Crippen LogP contribution in [0.2, 0.25) is 5.02 Å². The highest BCUT2D eigenvalue weighted by Crippen LogP contribution is 2.38. The molecule has 0 radical (unpaired) electrons. The van der Waals surface area contributed by atoms with Crippen molar-refractivity contribution in [3.05, 3.63) is 46.6 Å². The molecule has 0 bridgehead atoms. The van der Waals surface area contributed by atoms with Crippen LogP contribution in [0, 0.1) is 0 Å².